The topological polar surface area (TPSA) is 51.2 Å². The minimum absolute atomic E-state index is 0.188. The van der Waals surface area contributed by atoms with Crippen LogP contribution in [0.3, 0.4) is 0 Å². The maximum atomic E-state index is 13.2. The van der Waals surface area contributed by atoms with Gasteiger partial charge in [-0.05, 0) is 105 Å². The molecule has 4 aliphatic carbocycles. The molecule has 0 N–H and O–H groups in total. The lowest BCUT2D eigenvalue weighted by Gasteiger charge is -2.54. The van der Waals surface area contributed by atoms with Crippen LogP contribution >= 0.6 is 0 Å². The summed E-state index contributed by atoms with van der Waals surface area (Å²) in [6, 6.07) is 8.25. The predicted molar refractivity (Wildman–Crippen MR) is 136 cm³/mol. The van der Waals surface area contributed by atoms with Gasteiger partial charge in [0.1, 0.15) is 5.78 Å². The number of rotatable bonds is 3. The summed E-state index contributed by atoms with van der Waals surface area (Å²) in [5, 5.41) is 0. The Hall–Kier alpha value is -2.25. The van der Waals surface area contributed by atoms with Crippen molar-refractivity contribution in [2.45, 2.75) is 76.5 Å². The van der Waals surface area contributed by atoms with E-state index in [4.69, 9.17) is 0 Å². The van der Waals surface area contributed by atoms with Gasteiger partial charge in [-0.2, -0.15) is 0 Å². The summed E-state index contributed by atoms with van der Waals surface area (Å²) in [6.45, 7) is 5.92. The molecule has 2 fully saturated rings. The first-order valence-electron chi connectivity index (χ1n) is 12.6. The Labute approximate surface area is 205 Å². The summed E-state index contributed by atoms with van der Waals surface area (Å²) >= 11 is 0. The number of hydrogen-bond donors (Lipinski definition) is 0. The highest BCUT2D eigenvalue weighted by atomic mass is 32.2. The van der Waals surface area contributed by atoms with Gasteiger partial charge in [-0.3, -0.25) is 13.8 Å². The Morgan fingerprint density at radius 2 is 1.85 bits per heavy atom. The van der Waals surface area contributed by atoms with Gasteiger partial charge in [0, 0.05) is 34.3 Å². The highest BCUT2D eigenvalue weighted by Gasteiger charge is 2.64. The van der Waals surface area contributed by atoms with Crippen molar-refractivity contribution < 1.29 is 13.8 Å². The average Bonchev–Trinajstić information content (AvgIpc) is 3.11. The Kier molecular flexibility index (Phi) is 5.84. The number of allylic oxidation sites excluding steroid dienone is 4. The molecule has 0 amide bonds. The number of fused-ring (bicyclic) bond motifs is 4. The zero-order chi connectivity index (χ0) is 24.3. The highest BCUT2D eigenvalue weighted by Crippen LogP contribution is 2.69. The summed E-state index contributed by atoms with van der Waals surface area (Å²) in [4.78, 5) is 26.3. The van der Waals surface area contributed by atoms with Crippen LogP contribution in [0, 0.1) is 34.5 Å². The number of ketones is 2. The molecule has 1 unspecified atom stereocenters. The van der Waals surface area contributed by atoms with E-state index in [1.54, 1.807) is 13.2 Å². The second kappa shape index (κ2) is 8.45. The van der Waals surface area contributed by atoms with Gasteiger partial charge in [0.25, 0.3) is 0 Å². The molecule has 5 rings (SSSR count). The highest BCUT2D eigenvalue weighted by molar-refractivity contribution is 7.84. The van der Waals surface area contributed by atoms with Crippen molar-refractivity contribution in [2.75, 3.05) is 6.26 Å². The quantitative estimate of drug-likeness (QED) is 0.511. The van der Waals surface area contributed by atoms with Crippen molar-refractivity contribution in [1.29, 1.82) is 0 Å². The molecule has 4 heteroatoms. The molecule has 4 aliphatic rings. The molecular formula is C30H34O3S. The van der Waals surface area contributed by atoms with Gasteiger partial charge in [-0.1, -0.05) is 30.6 Å². The lowest BCUT2D eigenvalue weighted by molar-refractivity contribution is -0.130. The van der Waals surface area contributed by atoms with Crippen LogP contribution < -0.4 is 0 Å². The van der Waals surface area contributed by atoms with Gasteiger partial charge in [0.05, 0.1) is 5.41 Å². The largest absolute Gasteiger partial charge is 0.298 e. The molecule has 1 aromatic carbocycles. The molecule has 0 heterocycles. The molecule has 6 atom stereocenters. The maximum absolute atomic E-state index is 13.2. The van der Waals surface area contributed by atoms with Gasteiger partial charge in [0.2, 0.25) is 0 Å². The van der Waals surface area contributed by atoms with Crippen molar-refractivity contribution in [1.82, 2.24) is 0 Å². The Morgan fingerprint density at radius 3 is 2.50 bits per heavy atom. The van der Waals surface area contributed by atoms with Crippen molar-refractivity contribution in [2.24, 2.45) is 22.7 Å². The van der Waals surface area contributed by atoms with Gasteiger partial charge >= 0.3 is 0 Å². The molecule has 0 radical (unpaired) electrons. The summed E-state index contributed by atoms with van der Waals surface area (Å²) in [5.74, 6) is 8.06. The van der Waals surface area contributed by atoms with Gasteiger partial charge in [-0.15, -0.1) is 5.92 Å². The zero-order valence-corrected chi connectivity index (χ0v) is 21.5. The third-order valence-corrected chi connectivity index (χ3v) is 10.4. The third-order valence-electron chi connectivity index (χ3n) is 9.48. The van der Waals surface area contributed by atoms with Crippen LogP contribution in [-0.2, 0) is 20.4 Å². The molecule has 34 heavy (non-hydrogen) atoms. The van der Waals surface area contributed by atoms with E-state index in [2.05, 4.69) is 30.9 Å². The number of hydrogen-bond acceptors (Lipinski definition) is 3. The normalized spacial score (nSPS) is 35.4. The van der Waals surface area contributed by atoms with Gasteiger partial charge < -0.3 is 0 Å². The van der Waals surface area contributed by atoms with E-state index in [1.165, 1.54) is 22.3 Å². The first-order chi connectivity index (χ1) is 16.2. The molecule has 0 aliphatic heterocycles. The van der Waals surface area contributed by atoms with Crippen LogP contribution in [0.2, 0.25) is 0 Å². The van der Waals surface area contributed by atoms with Crippen LogP contribution in [0.4, 0.5) is 0 Å². The van der Waals surface area contributed by atoms with Crippen LogP contribution in [0.5, 0.6) is 0 Å². The average molecular weight is 475 g/mol. The first kappa shape index (κ1) is 23.5. The van der Waals surface area contributed by atoms with Crippen LogP contribution in [0.1, 0.15) is 77.2 Å². The molecule has 178 valence electrons. The Morgan fingerprint density at radius 1 is 1.12 bits per heavy atom. The van der Waals surface area contributed by atoms with E-state index in [0.717, 1.165) is 43.4 Å². The standard InChI is InChI=1S/C30H34O3S/c1-5-15-30(19(2)31)16-14-27-25-12-8-21-17-22(32)9-13-24(21)28(25)26(18-29(27,30)3)20-6-10-23(11-7-20)34(4)33/h6-7,10-11,17,25-27H,8-9,12-14,16,18H2,1-4H3/t25-,26+,27-,29-,30+,34?/m0/s1. The van der Waals surface area contributed by atoms with Crippen LogP contribution in [0.15, 0.2) is 52.0 Å². The Balaban J connectivity index is 1.70. The van der Waals surface area contributed by atoms with E-state index in [1.807, 2.05) is 25.1 Å². The smallest absolute Gasteiger partial charge is 0.156 e. The lowest BCUT2D eigenvalue weighted by Crippen LogP contribution is -2.50. The molecule has 1 aromatic rings. The fourth-order valence-corrected chi connectivity index (χ4v) is 8.48. The molecule has 3 nitrogen and oxygen atoms in total. The van der Waals surface area contributed by atoms with E-state index in [0.29, 0.717) is 18.3 Å². The third kappa shape index (κ3) is 3.34. The Bertz CT molecular complexity index is 1210. The number of carbonyl (C=O) groups excluding carboxylic acids is 2. The fraction of sp³-hybridized carbons (Fsp3) is 0.533. The van der Waals surface area contributed by atoms with E-state index < -0.39 is 16.2 Å². The molecule has 0 spiro atoms. The second-order valence-corrected chi connectivity index (χ2v) is 12.3. The SMILES string of the molecule is CC#C[C@]1(C(C)=O)CC[C@H]2[C@@H]3CCC4=CC(=O)CCC4=C3[C@@H](c3ccc(S(C)=O)cc3)C[C@@]21C. The molecule has 2 saturated carbocycles. The predicted octanol–water partition coefficient (Wildman–Crippen LogP) is 5.92. The zero-order valence-electron chi connectivity index (χ0n) is 20.7. The molecule has 0 saturated heterocycles. The molecule has 0 aromatic heterocycles. The van der Waals surface area contributed by atoms with Crippen molar-refractivity contribution >= 4 is 22.4 Å². The number of carbonyl (C=O) groups is 2. The number of benzene rings is 1. The van der Waals surface area contributed by atoms with E-state index in [9.17, 15) is 13.8 Å². The first-order valence-corrected chi connectivity index (χ1v) is 14.1. The minimum atomic E-state index is -1.02. The summed E-state index contributed by atoms with van der Waals surface area (Å²) in [7, 11) is -1.02. The van der Waals surface area contributed by atoms with Crippen molar-refractivity contribution in [3.63, 3.8) is 0 Å². The van der Waals surface area contributed by atoms with Gasteiger partial charge in [-0.25, -0.2) is 0 Å². The van der Waals surface area contributed by atoms with Crippen molar-refractivity contribution in [3.8, 4) is 11.8 Å². The summed E-state index contributed by atoms with van der Waals surface area (Å²) in [6.07, 6.45) is 9.78. The molecular weight excluding hydrogens is 440 g/mol. The van der Waals surface area contributed by atoms with Crippen molar-refractivity contribution in [3.05, 3.63) is 52.6 Å². The summed E-state index contributed by atoms with van der Waals surface area (Å²) in [5.41, 5.74) is 4.61. The maximum Gasteiger partial charge on any atom is 0.156 e. The van der Waals surface area contributed by atoms with Crippen LogP contribution in [-0.4, -0.2) is 22.0 Å². The second-order valence-electron chi connectivity index (χ2n) is 10.9. The fourth-order valence-electron chi connectivity index (χ4n) is 7.96. The van der Waals surface area contributed by atoms with Crippen LogP contribution in [0.25, 0.3) is 0 Å². The lowest BCUT2D eigenvalue weighted by atomic mass is 9.48. The van der Waals surface area contributed by atoms with Gasteiger partial charge in [0.15, 0.2) is 5.78 Å². The van der Waals surface area contributed by atoms with E-state index in [-0.39, 0.29) is 22.9 Å². The van der Waals surface area contributed by atoms with E-state index >= 15 is 0 Å². The summed E-state index contributed by atoms with van der Waals surface area (Å²) < 4.78 is 12.0. The molecule has 0 bridgehead atoms. The number of Topliss-reactive ketones (excluding diaryl/α,β-unsaturated/α-hetero) is 1. The monoisotopic (exact) mass is 474 g/mol. The minimum Gasteiger partial charge on any atom is -0.298 e.